The van der Waals surface area contributed by atoms with Gasteiger partial charge < -0.3 is 40.1 Å². The van der Waals surface area contributed by atoms with Crippen LogP contribution in [0.25, 0.3) is 0 Å². The van der Waals surface area contributed by atoms with Crippen LogP contribution < -0.4 is 0 Å². The molecule has 0 fully saturated rings. The summed E-state index contributed by atoms with van der Waals surface area (Å²) in [6, 6.07) is 0. The molecule has 0 spiro atoms. The maximum atomic E-state index is 11.2. The molecule has 154 valence electrons. The van der Waals surface area contributed by atoms with Crippen LogP contribution in [0.2, 0.25) is 0 Å². The lowest BCUT2D eigenvalue weighted by atomic mass is 10.3. The molecule has 0 radical (unpaired) electrons. The predicted octanol–water partition coefficient (Wildman–Crippen LogP) is -1.51. The largest absolute Gasteiger partial charge is 0.479 e. The van der Waals surface area contributed by atoms with E-state index in [1.165, 1.54) is 6.92 Å². The summed E-state index contributed by atoms with van der Waals surface area (Å²) in [6.07, 6.45) is -3.56. The molecule has 0 bridgehead atoms. The fraction of sp³-hybridized carbons (Fsp3) is 0.800. The minimum Gasteiger partial charge on any atom is -0.479 e. The average molecular weight is 384 g/mol. The van der Waals surface area contributed by atoms with Crippen LogP contribution >= 0.6 is 0 Å². The lowest BCUT2D eigenvalue weighted by Gasteiger charge is -2.12. The van der Waals surface area contributed by atoms with E-state index in [1.54, 1.807) is 0 Å². The number of carboxylic acid groups (broad SMARTS) is 1. The molecule has 0 saturated carbocycles. The summed E-state index contributed by atoms with van der Waals surface area (Å²) in [4.78, 5) is 31.9. The highest BCUT2D eigenvalue weighted by Gasteiger charge is 2.15. The third-order valence-corrected chi connectivity index (χ3v) is 2.64. The quantitative estimate of drug-likeness (QED) is 0.169. The van der Waals surface area contributed by atoms with Crippen molar-refractivity contribution in [3.63, 3.8) is 0 Å². The number of esters is 2. The van der Waals surface area contributed by atoms with Crippen molar-refractivity contribution in [2.24, 2.45) is 0 Å². The van der Waals surface area contributed by atoms with Crippen molar-refractivity contribution in [2.75, 3.05) is 13.2 Å². The van der Waals surface area contributed by atoms with Gasteiger partial charge in [-0.1, -0.05) is 0 Å². The van der Waals surface area contributed by atoms with Crippen LogP contribution in [0.15, 0.2) is 0 Å². The lowest BCUT2D eigenvalue weighted by molar-refractivity contribution is -0.176. The molecule has 0 saturated heterocycles. The van der Waals surface area contributed by atoms with Gasteiger partial charge in [0.05, 0.1) is 12.8 Å². The number of hydrogen-bond acceptors (Lipinski definition) is 10. The van der Waals surface area contributed by atoms with Crippen molar-refractivity contribution in [1.82, 2.24) is 0 Å². The Morgan fingerprint density at radius 2 is 1.12 bits per heavy atom. The fourth-order valence-electron chi connectivity index (χ4n) is 1.28. The van der Waals surface area contributed by atoms with Crippen molar-refractivity contribution in [3.05, 3.63) is 0 Å². The monoisotopic (exact) mass is 384 g/mol. The number of hydrogen-bond donors (Lipinski definition) is 6. The van der Waals surface area contributed by atoms with Crippen LogP contribution in [0.3, 0.4) is 0 Å². The fourth-order valence-corrected chi connectivity index (χ4v) is 1.28. The molecule has 26 heavy (non-hydrogen) atoms. The Kier molecular flexibility index (Phi) is 16.9. The molecular formula is C15H28O11. The Balaban J connectivity index is 0. The van der Waals surface area contributed by atoms with E-state index in [0.717, 1.165) is 0 Å². The maximum absolute atomic E-state index is 11.2. The minimum absolute atomic E-state index is 0.118. The van der Waals surface area contributed by atoms with E-state index >= 15 is 0 Å². The van der Waals surface area contributed by atoms with Crippen LogP contribution in [0.4, 0.5) is 0 Å². The summed E-state index contributed by atoms with van der Waals surface area (Å²) in [5, 5.41) is 51.3. The molecule has 11 heteroatoms. The van der Waals surface area contributed by atoms with Gasteiger partial charge in [-0.2, -0.15) is 0 Å². The van der Waals surface area contributed by atoms with Crippen LogP contribution in [0, 0.1) is 0 Å². The van der Waals surface area contributed by atoms with Gasteiger partial charge in [-0.25, -0.2) is 4.79 Å². The lowest BCUT2D eigenvalue weighted by Crippen LogP contribution is -2.21. The molecule has 0 rings (SSSR count). The zero-order valence-corrected chi connectivity index (χ0v) is 14.6. The smallest absolute Gasteiger partial charge is 0.332 e. The molecule has 0 amide bonds. The second-order valence-corrected chi connectivity index (χ2v) is 5.13. The number of aliphatic hydroxyl groups is 5. The highest BCUT2D eigenvalue weighted by molar-refractivity contribution is 5.77. The van der Waals surface area contributed by atoms with Gasteiger partial charge in [-0.15, -0.1) is 0 Å². The van der Waals surface area contributed by atoms with Crippen molar-refractivity contribution >= 4 is 17.9 Å². The van der Waals surface area contributed by atoms with Crippen molar-refractivity contribution in [3.8, 4) is 0 Å². The van der Waals surface area contributed by atoms with Crippen LogP contribution in [0.1, 0.15) is 45.4 Å². The molecular weight excluding hydrogens is 356 g/mol. The number of carbonyl (C=O) groups excluding carboxylic acids is 2. The summed E-state index contributed by atoms with van der Waals surface area (Å²) in [5.74, 6) is -2.72. The highest BCUT2D eigenvalue weighted by atomic mass is 16.6. The first-order chi connectivity index (χ1) is 12.1. The van der Waals surface area contributed by atoms with Gasteiger partial charge in [-0.05, 0) is 19.8 Å². The summed E-state index contributed by atoms with van der Waals surface area (Å²) < 4.78 is 9.15. The zero-order valence-electron chi connectivity index (χ0n) is 14.6. The standard InChI is InChI=1S/C12H22O8.C3H6O3/c13-7-1-3-9(15)19-11(17)5-6-12(18)20-10(16)4-2-8-14;1-2(4)3(5)6/h9-10,13-16H,1-8H2;2,4H,1H3,(H,5,6). The Morgan fingerprint density at radius 1 is 0.808 bits per heavy atom. The molecule has 0 aliphatic carbocycles. The van der Waals surface area contributed by atoms with Crippen LogP contribution in [-0.4, -0.2) is 80.4 Å². The molecule has 0 aliphatic heterocycles. The van der Waals surface area contributed by atoms with E-state index in [2.05, 4.69) is 9.47 Å². The Morgan fingerprint density at radius 3 is 1.35 bits per heavy atom. The number of carboxylic acids is 1. The van der Waals surface area contributed by atoms with Gasteiger partial charge in [0.2, 0.25) is 12.6 Å². The number of carbonyl (C=O) groups is 3. The summed E-state index contributed by atoms with van der Waals surface area (Å²) >= 11 is 0. The zero-order chi connectivity index (χ0) is 20.5. The first kappa shape index (κ1) is 26.4. The summed E-state index contributed by atoms with van der Waals surface area (Å²) in [7, 11) is 0. The van der Waals surface area contributed by atoms with Gasteiger partial charge >= 0.3 is 17.9 Å². The number of aliphatic hydroxyl groups excluding tert-OH is 5. The third kappa shape index (κ3) is 18.5. The van der Waals surface area contributed by atoms with Crippen LogP contribution in [0.5, 0.6) is 0 Å². The topological polar surface area (TPSA) is 191 Å². The summed E-state index contributed by atoms with van der Waals surface area (Å²) in [5.41, 5.74) is 0. The molecule has 3 atom stereocenters. The van der Waals surface area contributed by atoms with Crippen molar-refractivity contribution < 1.29 is 54.5 Å². The molecule has 0 aliphatic rings. The number of rotatable bonds is 12. The molecule has 6 N–H and O–H groups in total. The maximum Gasteiger partial charge on any atom is 0.332 e. The van der Waals surface area contributed by atoms with Gasteiger partial charge in [-0.3, -0.25) is 9.59 Å². The van der Waals surface area contributed by atoms with Crippen LogP contribution in [-0.2, 0) is 23.9 Å². The summed E-state index contributed by atoms with van der Waals surface area (Å²) in [6.45, 7) is 0.960. The van der Waals surface area contributed by atoms with Gasteiger partial charge in [0.25, 0.3) is 0 Å². The van der Waals surface area contributed by atoms with E-state index in [9.17, 15) is 24.6 Å². The van der Waals surface area contributed by atoms with E-state index in [0.29, 0.717) is 12.8 Å². The second kappa shape index (κ2) is 16.7. The molecule has 0 aromatic rings. The predicted molar refractivity (Wildman–Crippen MR) is 85.4 cm³/mol. The van der Waals surface area contributed by atoms with Crippen molar-refractivity contribution in [1.29, 1.82) is 0 Å². The molecule has 0 aromatic carbocycles. The number of ether oxygens (including phenoxy) is 2. The first-order valence-electron chi connectivity index (χ1n) is 8.01. The molecule has 11 nitrogen and oxygen atoms in total. The average Bonchev–Trinajstić information content (AvgIpc) is 2.56. The highest BCUT2D eigenvalue weighted by Crippen LogP contribution is 2.05. The van der Waals surface area contributed by atoms with E-state index in [1.807, 2.05) is 0 Å². The van der Waals surface area contributed by atoms with E-state index in [-0.39, 0.29) is 38.9 Å². The van der Waals surface area contributed by atoms with Gasteiger partial charge in [0.1, 0.15) is 6.10 Å². The first-order valence-corrected chi connectivity index (χ1v) is 8.01. The van der Waals surface area contributed by atoms with E-state index < -0.39 is 36.6 Å². The Labute approximate surface area is 150 Å². The SMILES string of the molecule is CC(O)C(=O)O.O=C(CCC(=O)OC(O)CCCO)OC(O)CCCO. The Bertz CT molecular complexity index is 369. The van der Waals surface area contributed by atoms with Crippen molar-refractivity contribution in [2.45, 2.75) is 64.1 Å². The van der Waals surface area contributed by atoms with Gasteiger partial charge in [0.15, 0.2) is 0 Å². The third-order valence-electron chi connectivity index (χ3n) is 2.64. The van der Waals surface area contributed by atoms with Gasteiger partial charge in [0, 0.05) is 26.1 Å². The second-order valence-electron chi connectivity index (χ2n) is 5.13. The Hall–Kier alpha value is -1.79. The minimum atomic E-state index is -1.30. The molecule has 3 unspecified atom stereocenters. The normalized spacial score (nSPS) is 13.6. The van der Waals surface area contributed by atoms with E-state index in [4.69, 9.17) is 20.4 Å². The molecule has 0 aromatic heterocycles. The number of aliphatic carboxylic acids is 1. The molecule has 0 heterocycles.